The molecule has 2 aromatic rings. The van der Waals surface area contributed by atoms with E-state index in [1.54, 1.807) is 19.3 Å². The van der Waals surface area contributed by atoms with Gasteiger partial charge in [-0.2, -0.15) is 13.0 Å². The Balaban J connectivity index is 1.67. The molecule has 0 amide bonds. The van der Waals surface area contributed by atoms with Gasteiger partial charge in [0.05, 0.1) is 73.8 Å². The summed E-state index contributed by atoms with van der Waals surface area (Å²) in [4.78, 5) is 12.4. The van der Waals surface area contributed by atoms with Gasteiger partial charge in [-0.25, -0.2) is 16.8 Å². The summed E-state index contributed by atoms with van der Waals surface area (Å²) < 4.78 is 136. The normalized spacial score (nSPS) is 19.6. The molecule has 2 heterocycles. The number of nitrogens with zero attached hydrogens (tertiary/aromatic N) is 2. The average molecular weight is 958 g/mol. The fourth-order valence-electron chi connectivity index (χ4n) is 8.22. The summed E-state index contributed by atoms with van der Waals surface area (Å²) in [6.07, 6.45) is 7.47. The number of carboxylic acid groups (broad SMARTS) is 1. The molecule has 0 radical (unpaired) electrons. The third-order valence-electron chi connectivity index (χ3n) is 11.5. The molecule has 2 N–H and O–H groups in total. The van der Waals surface area contributed by atoms with E-state index in [2.05, 4.69) is 0 Å². The maximum atomic E-state index is 12.2. The van der Waals surface area contributed by atoms with Crippen molar-refractivity contribution in [2.75, 3.05) is 90.3 Å². The van der Waals surface area contributed by atoms with E-state index in [1.165, 1.54) is 30.3 Å². The third kappa shape index (κ3) is 14.4. The van der Waals surface area contributed by atoms with Crippen molar-refractivity contribution in [3.8, 4) is 0 Å². The molecular weight excluding hydrogens is 897 g/mol. The zero-order valence-electron chi connectivity index (χ0n) is 36.9. The first-order valence-electron chi connectivity index (χ1n) is 21.2. The minimum Gasteiger partial charge on any atom is -0.744 e. The molecule has 0 aromatic heterocycles. The topological polar surface area (TPSA) is 258 Å². The highest BCUT2D eigenvalue weighted by molar-refractivity contribution is 7.86. The van der Waals surface area contributed by atoms with E-state index in [4.69, 9.17) is 23.7 Å². The molecule has 2 aliphatic heterocycles. The van der Waals surface area contributed by atoms with Gasteiger partial charge in [0, 0.05) is 67.6 Å². The van der Waals surface area contributed by atoms with Gasteiger partial charge >= 0.3 is 5.97 Å². The van der Waals surface area contributed by atoms with Crippen LogP contribution >= 0.6 is 0 Å². The Morgan fingerprint density at radius 2 is 1.31 bits per heavy atom. The van der Waals surface area contributed by atoms with E-state index in [-0.39, 0.29) is 37.4 Å². The molecular formula is C43H61N2O16S3-. The van der Waals surface area contributed by atoms with Gasteiger partial charge in [0.25, 0.3) is 10.1 Å². The van der Waals surface area contributed by atoms with Crippen LogP contribution in [0.5, 0.6) is 0 Å². The standard InChI is InChI=1S/C43H62N2O16S3/c1-5-44-37-16-14-33(63(51,52)53)31-35(37)43(3,19-21-58-24-25-60-28-29-61-27-26-59-23-22-57-4)39(44)11-9-12-40-42(2,18-10-30-62(48,49)50)36-32-34(64(54,55)56)15-17-38(36)45(40)20-8-6-7-13-41(46)47/h9,11-12,14-17,31-32H,5-8,10,13,18-30H2,1-4H3,(H3-,46,47,48,49,50,51,52,53,54,55,56)/p-1. The zero-order chi connectivity index (χ0) is 47.2. The van der Waals surface area contributed by atoms with E-state index in [1.807, 2.05) is 42.4 Å². The number of carbonyl (C=O) groups is 1. The number of fused-ring (bicyclic) bond motifs is 2. The van der Waals surface area contributed by atoms with Crippen LogP contribution in [0.25, 0.3) is 0 Å². The number of hydrogen-bond acceptors (Lipinski definition) is 15. The summed E-state index contributed by atoms with van der Waals surface area (Å²) >= 11 is 0. The molecule has 4 rings (SSSR count). The van der Waals surface area contributed by atoms with Gasteiger partial charge in [-0.05, 0) is 94.8 Å². The van der Waals surface area contributed by atoms with Gasteiger partial charge in [-0.15, -0.1) is 0 Å². The van der Waals surface area contributed by atoms with E-state index >= 15 is 0 Å². The van der Waals surface area contributed by atoms with Crippen molar-refractivity contribution < 1.29 is 77.1 Å². The van der Waals surface area contributed by atoms with Crippen LogP contribution in [0.4, 0.5) is 11.4 Å². The Morgan fingerprint density at radius 1 is 0.750 bits per heavy atom. The summed E-state index contributed by atoms with van der Waals surface area (Å²) in [6, 6.07) is 8.34. The quantitative estimate of drug-likeness (QED) is 0.0620. The van der Waals surface area contributed by atoms with Crippen LogP contribution in [0, 0.1) is 0 Å². The molecule has 21 heteroatoms. The lowest BCUT2D eigenvalue weighted by Crippen LogP contribution is -2.32. The molecule has 0 aliphatic carbocycles. The fourth-order valence-corrected chi connectivity index (χ4v) is 9.73. The highest BCUT2D eigenvalue weighted by Gasteiger charge is 2.48. The predicted octanol–water partition coefficient (Wildman–Crippen LogP) is 4.50. The number of aliphatic carboxylic acids is 1. The Bertz CT molecular complexity index is 2350. The molecule has 0 bridgehead atoms. The van der Waals surface area contributed by atoms with Gasteiger partial charge in [0.15, 0.2) is 5.71 Å². The SMILES string of the molecule is CCN1/C(=C/C=C/C2=[N+](CCCCCC(=O)O)c3ccc(S(=O)(=O)[O-])cc3C2(C)CCCS(=O)(=O)O)C(C)(CCOCCOCCOCCOCCOC)c2cc(S(=O)(=O)[O-])ccc21. The van der Waals surface area contributed by atoms with Crippen molar-refractivity contribution >= 4 is 53.4 Å². The second kappa shape index (κ2) is 23.7. The first-order chi connectivity index (χ1) is 30.2. The van der Waals surface area contributed by atoms with Crippen LogP contribution < -0.4 is 4.90 Å². The summed E-state index contributed by atoms with van der Waals surface area (Å²) in [6.45, 7) is 9.91. The van der Waals surface area contributed by atoms with Crippen LogP contribution in [0.1, 0.15) is 76.8 Å². The van der Waals surface area contributed by atoms with E-state index in [0.717, 1.165) is 5.70 Å². The van der Waals surface area contributed by atoms with Crippen LogP contribution in [0.3, 0.4) is 0 Å². The summed E-state index contributed by atoms with van der Waals surface area (Å²) in [5, 5.41) is 9.18. The van der Waals surface area contributed by atoms with Crippen LogP contribution in [-0.4, -0.2) is 146 Å². The van der Waals surface area contributed by atoms with Gasteiger partial charge < -0.3 is 42.8 Å². The zero-order valence-corrected chi connectivity index (χ0v) is 39.3. The Labute approximate surface area is 377 Å². The number of unbranched alkanes of at least 4 members (excludes halogenated alkanes) is 2. The van der Waals surface area contributed by atoms with Crippen molar-refractivity contribution in [3.05, 3.63) is 71.5 Å². The largest absolute Gasteiger partial charge is 0.744 e. The van der Waals surface area contributed by atoms with Crippen LogP contribution in [-0.2, 0) is 69.7 Å². The molecule has 0 spiro atoms. The molecule has 64 heavy (non-hydrogen) atoms. The molecule has 358 valence electrons. The minimum absolute atomic E-state index is 0.0140. The molecule has 0 saturated carbocycles. The van der Waals surface area contributed by atoms with Crippen LogP contribution in [0.2, 0.25) is 0 Å². The second-order valence-corrected chi connectivity index (χ2v) is 20.2. The Kier molecular flexibility index (Phi) is 19.6. The molecule has 18 nitrogen and oxygen atoms in total. The molecule has 2 aromatic carbocycles. The lowest BCUT2D eigenvalue weighted by molar-refractivity contribution is -0.438. The monoisotopic (exact) mass is 957 g/mol. The van der Waals surface area contributed by atoms with Crippen molar-refractivity contribution in [3.63, 3.8) is 0 Å². The third-order valence-corrected chi connectivity index (χ3v) is 13.9. The van der Waals surface area contributed by atoms with Crippen molar-refractivity contribution in [1.29, 1.82) is 0 Å². The number of anilines is 1. The lowest BCUT2D eigenvalue weighted by Gasteiger charge is -2.30. The van der Waals surface area contributed by atoms with Gasteiger partial charge in [-0.3, -0.25) is 9.35 Å². The second-order valence-electron chi connectivity index (χ2n) is 15.9. The molecule has 0 fully saturated rings. The lowest BCUT2D eigenvalue weighted by atomic mass is 9.75. The summed E-state index contributed by atoms with van der Waals surface area (Å²) in [7, 11) is -12.4. The number of methoxy groups -OCH3 is 1. The molecule has 2 unspecified atom stereocenters. The average Bonchev–Trinajstić information content (AvgIpc) is 3.59. The number of ether oxygens (including phenoxy) is 5. The Hall–Kier alpha value is -3.61. The van der Waals surface area contributed by atoms with E-state index < -0.39 is 57.8 Å². The number of carboxylic acids is 1. The number of likely N-dealkylation sites (N-methyl/N-ethyl adjacent to an activating group) is 1. The number of benzene rings is 2. The van der Waals surface area contributed by atoms with E-state index in [0.29, 0.717) is 113 Å². The van der Waals surface area contributed by atoms with Crippen molar-refractivity contribution in [1.82, 2.24) is 0 Å². The predicted molar refractivity (Wildman–Crippen MR) is 235 cm³/mol. The van der Waals surface area contributed by atoms with Crippen molar-refractivity contribution in [2.24, 2.45) is 0 Å². The number of rotatable bonds is 30. The minimum atomic E-state index is -4.89. The molecule has 2 aliphatic rings. The smallest absolute Gasteiger partial charge is 0.303 e. The maximum Gasteiger partial charge on any atom is 0.303 e. The first kappa shape index (κ1) is 53.0. The Morgan fingerprint density at radius 3 is 1.86 bits per heavy atom. The van der Waals surface area contributed by atoms with E-state index in [9.17, 15) is 48.8 Å². The number of allylic oxidation sites excluding steroid dienone is 4. The fraction of sp³-hybridized carbons (Fsp3) is 0.581. The number of hydrogen-bond donors (Lipinski definition) is 2. The highest BCUT2D eigenvalue weighted by atomic mass is 32.2. The first-order valence-corrected chi connectivity index (χ1v) is 25.6. The van der Waals surface area contributed by atoms with Crippen molar-refractivity contribution in [2.45, 2.75) is 86.3 Å². The highest BCUT2D eigenvalue weighted by Crippen LogP contribution is 2.51. The van der Waals surface area contributed by atoms with Crippen LogP contribution in [0.15, 0.2) is 70.1 Å². The summed E-state index contributed by atoms with van der Waals surface area (Å²) in [5.74, 6) is -1.49. The molecule has 2 atom stereocenters. The van der Waals surface area contributed by atoms with Gasteiger partial charge in [-0.1, -0.05) is 6.08 Å². The maximum absolute atomic E-state index is 12.2. The molecule has 0 saturated heterocycles. The van der Waals surface area contributed by atoms with Gasteiger partial charge in [0.2, 0.25) is 5.69 Å². The van der Waals surface area contributed by atoms with Gasteiger partial charge in [0.1, 0.15) is 26.8 Å². The summed E-state index contributed by atoms with van der Waals surface area (Å²) in [5.41, 5.74) is 1.82.